The van der Waals surface area contributed by atoms with Crippen LogP contribution in [-0.4, -0.2) is 42.3 Å². The topological polar surface area (TPSA) is 146 Å². The van der Waals surface area contributed by atoms with Gasteiger partial charge in [0.15, 0.2) is 5.82 Å². The number of nitrogens with zero attached hydrogens (tertiary/aromatic N) is 4. The van der Waals surface area contributed by atoms with Crippen molar-refractivity contribution in [3.63, 3.8) is 0 Å². The summed E-state index contributed by atoms with van der Waals surface area (Å²) in [5.74, 6) is 0.867. The maximum atomic E-state index is 9.28. The van der Waals surface area contributed by atoms with Crippen molar-refractivity contribution in [1.82, 2.24) is 25.1 Å². The molecule has 0 saturated carbocycles. The first-order valence-corrected chi connectivity index (χ1v) is 8.70. The summed E-state index contributed by atoms with van der Waals surface area (Å²) in [6.45, 7) is 0.818. The summed E-state index contributed by atoms with van der Waals surface area (Å²) < 4.78 is 0. The number of nitrogens with two attached hydrogens (primary N) is 1. The fourth-order valence-corrected chi connectivity index (χ4v) is 2.98. The van der Waals surface area contributed by atoms with Crippen molar-refractivity contribution in [2.75, 3.05) is 5.32 Å². The summed E-state index contributed by atoms with van der Waals surface area (Å²) in [7, 11) is -1.50. The Labute approximate surface area is 160 Å². The molecule has 2 heterocycles. The minimum atomic E-state index is -1.50. The van der Waals surface area contributed by atoms with Gasteiger partial charge in [-0.3, -0.25) is 5.10 Å². The standard InChI is InChI=1S/C18H18BN7O2/c20-8-12-4-2-6-14-15(12)25-26-16(14)17-22-10-23-18(24-17)21-9-11-3-1-5-13(7-11)19(27)28/h1-7,10,27-28H,8-9,20H2,(H,25,26)(H,21,22,23,24). The highest BCUT2D eigenvalue weighted by atomic mass is 16.4. The van der Waals surface area contributed by atoms with E-state index < -0.39 is 7.12 Å². The number of hydrogen-bond acceptors (Lipinski definition) is 8. The Kier molecular flexibility index (Phi) is 4.98. The van der Waals surface area contributed by atoms with Crippen molar-refractivity contribution < 1.29 is 10.0 Å². The molecule has 0 aliphatic carbocycles. The predicted octanol–water partition coefficient (Wildman–Crippen LogP) is 0.165. The van der Waals surface area contributed by atoms with Crippen molar-refractivity contribution in [2.45, 2.75) is 13.1 Å². The van der Waals surface area contributed by atoms with Crippen LogP contribution in [0.3, 0.4) is 0 Å². The van der Waals surface area contributed by atoms with Gasteiger partial charge in [0.2, 0.25) is 5.95 Å². The van der Waals surface area contributed by atoms with E-state index in [0.717, 1.165) is 22.0 Å². The fourth-order valence-electron chi connectivity index (χ4n) is 2.98. The lowest BCUT2D eigenvalue weighted by molar-refractivity contribution is 0.425. The number of hydrogen-bond donors (Lipinski definition) is 5. The highest BCUT2D eigenvalue weighted by Gasteiger charge is 2.14. The maximum absolute atomic E-state index is 9.28. The van der Waals surface area contributed by atoms with Crippen LogP contribution in [0.15, 0.2) is 48.8 Å². The van der Waals surface area contributed by atoms with Crippen molar-refractivity contribution in [1.29, 1.82) is 0 Å². The number of rotatable bonds is 6. The average Bonchev–Trinajstić information content (AvgIpc) is 3.17. The molecular weight excluding hydrogens is 357 g/mol. The van der Waals surface area contributed by atoms with E-state index in [1.807, 2.05) is 24.3 Å². The fraction of sp³-hybridized carbons (Fsp3) is 0.111. The molecule has 140 valence electrons. The van der Waals surface area contributed by atoms with Crippen LogP contribution in [0, 0.1) is 0 Å². The molecule has 0 aliphatic rings. The van der Waals surface area contributed by atoms with Crippen LogP contribution in [0.2, 0.25) is 0 Å². The molecule has 0 spiro atoms. The zero-order valence-corrected chi connectivity index (χ0v) is 14.9. The van der Waals surface area contributed by atoms with Crippen molar-refractivity contribution in [3.05, 3.63) is 59.9 Å². The van der Waals surface area contributed by atoms with Gasteiger partial charge in [0.1, 0.15) is 12.0 Å². The van der Waals surface area contributed by atoms with E-state index in [1.54, 1.807) is 18.2 Å². The maximum Gasteiger partial charge on any atom is 0.488 e. The zero-order valence-electron chi connectivity index (χ0n) is 14.9. The lowest BCUT2D eigenvalue weighted by Gasteiger charge is -2.07. The van der Waals surface area contributed by atoms with Gasteiger partial charge in [-0.05, 0) is 16.6 Å². The largest absolute Gasteiger partial charge is 0.488 e. The molecule has 2 aromatic carbocycles. The molecule has 0 saturated heterocycles. The summed E-state index contributed by atoms with van der Waals surface area (Å²) in [5, 5.41) is 29.9. The molecule has 0 bridgehead atoms. The Balaban J connectivity index is 1.58. The van der Waals surface area contributed by atoms with Crippen LogP contribution >= 0.6 is 0 Å². The second-order valence-electron chi connectivity index (χ2n) is 6.22. The Hall–Kier alpha value is -3.34. The van der Waals surface area contributed by atoms with Crippen molar-refractivity contribution in [2.24, 2.45) is 5.73 Å². The third-order valence-electron chi connectivity index (χ3n) is 4.38. The number of benzene rings is 2. The van der Waals surface area contributed by atoms with Crippen LogP contribution in [0.25, 0.3) is 22.4 Å². The second-order valence-corrected chi connectivity index (χ2v) is 6.22. The van der Waals surface area contributed by atoms with Gasteiger partial charge in [-0.2, -0.15) is 10.1 Å². The summed E-state index contributed by atoms with van der Waals surface area (Å²) in [5.41, 5.74) is 9.51. The summed E-state index contributed by atoms with van der Waals surface area (Å²) >= 11 is 0. The number of fused-ring (bicyclic) bond motifs is 1. The number of nitrogens with one attached hydrogen (secondary N) is 2. The van der Waals surface area contributed by atoms with E-state index in [0.29, 0.717) is 36.0 Å². The van der Waals surface area contributed by atoms with E-state index >= 15 is 0 Å². The SMILES string of the molecule is NCc1cccc2c(-c3ncnc(NCc4cccc(B(O)O)c4)n3)[nH]nc12. The molecule has 10 heteroatoms. The van der Waals surface area contributed by atoms with E-state index in [1.165, 1.54) is 6.33 Å². The first-order chi connectivity index (χ1) is 13.7. The van der Waals surface area contributed by atoms with Gasteiger partial charge in [-0.1, -0.05) is 42.5 Å². The Morgan fingerprint density at radius 2 is 1.96 bits per heavy atom. The molecule has 4 rings (SSSR count). The van der Waals surface area contributed by atoms with Crippen LogP contribution < -0.4 is 16.5 Å². The van der Waals surface area contributed by atoms with Gasteiger partial charge in [0, 0.05) is 18.5 Å². The van der Waals surface area contributed by atoms with E-state index in [4.69, 9.17) is 5.73 Å². The van der Waals surface area contributed by atoms with Gasteiger partial charge in [0.25, 0.3) is 0 Å². The smallest absolute Gasteiger partial charge is 0.423 e. The molecule has 0 fully saturated rings. The van der Waals surface area contributed by atoms with E-state index in [2.05, 4.69) is 30.5 Å². The molecule has 0 amide bonds. The van der Waals surface area contributed by atoms with Gasteiger partial charge in [-0.15, -0.1) is 0 Å². The van der Waals surface area contributed by atoms with Crippen LogP contribution in [0.1, 0.15) is 11.1 Å². The van der Waals surface area contributed by atoms with Gasteiger partial charge >= 0.3 is 7.12 Å². The normalized spacial score (nSPS) is 11.0. The number of H-pyrrole nitrogens is 1. The quantitative estimate of drug-likeness (QED) is 0.300. The van der Waals surface area contributed by atoms with Gasteiger partial charge in [-0.25, -0.2) is 9.97 Å². The molecular formula is C18H18BN7O2. The molecule has 28 heavy (non-hydrogen) atoms. The Morgan fingerprint density at radius 3 is 2.79 bits per heavy atom. The summed E-state index contributed by atoms with van der Waals surface area (Å²) in [6, 6.07) is 12.8. The zero-order chi connectivity index (χ0) is 19.5. The van der Waals surface area contributed by atoms with Gasteiger partial charge < -0.3 is 21.1 Å². The number of aromatic nitrogens is 5. The van der Waals surface area contributed by atoms with Crippen LogP contribution in [-0.2, 0) is 13.1 Å². The predicted molar refractivity (Wildman–Crippen MR) is 106 cm³/mol. The Morgan fingerprint density at radius 1 is 1.11 bits per heavy atom. The number of anilines is 1. The molecule has 0 aliphatic heterocycles. The van der Waals surface area contributed by atoms with Crippen molar-refractivity contribution in [3.8, 4) is 11.5 Å². The van der Waals surface area contributed by atoms with E-state index in [-0.39, 0.29) is 0 Å². The average molecular weight is 375 g/mol. The number of para-hydroxylation sites is 1. The molecule has 4 aromatic rings. The molecule has 6 N–H and O–H groups in total. The monoisotopic (exact) mass is 375 g/mol. The first kappa shape index (κ1) is 18.0. The van der Waals surface area contributed by atoms with Crippen LogP contribution in [0.4, 0.5) is 5.95 Å². The van der Waals surface area contributed by atoms with E-state index in [9.17, 15) is 10.0 Å². The molecule has 0 atom stereocenters. The Bertz CT molecular complexity index is 1120. The highest BCUT2D eigenvalue weighted by Crippen LogP contribution is 2.25. The van der Waals surface area contributed by atoms with Crippen molar-refractivity contribution >= 4 is 29.4 Å². The lowest BCUT2D eigenvalue weighted by atomic mass is 9.80. The molecule has 2 aromatic heterocycles. The number of aromatic amines is 1. The third-order valence-corrected chi connectivity index (χ3v) is 4.38. The first-order valence-electron chi connectivity index (χ1n) is 8.70. The highest BCUT2D eigenvalue weighted by molar-refractivity contribution is 6.58. The summed E-state index contributed by atoms with van der Waals surface area (Å²) in [4.78, 5) is 12.9. The minimum absolute atomic E-state index is 0.396. The molecule has 0 radical (unpaired) electrons. The third kappa shape index (κ3) is 3.56. The van der Waals surface area contributed by atoms with Gasteiger partial charge in [0.05, 0.1) is 5.52 Å². The second kappa shape index (κ2) is 7.73. The van der Waals surface area contributed by atoms with Crippen LogP contribution in [0.5, 0.6) is 0 Å². The molecule has 9 nitrogen and oxygen atoms in total. The molecule has 0 unspecified atom stereocenters. The minimum Gasteiger partial charge on any atom is -0.423 e. The lowest BCUT2D eigenvalue weighted by Crippen LogP contribution is -2.30. The summed E-state index contributed by atoms with van der Waals surface area (Å²) in [6.07, 6.45) is 1.43.